The Hall–Kier alpha value is -1.92. The number of hydrogen-bond acceptors (Lipinski definition) is 4. The van der Waals surface area contributed by atoms with E-state index in [4.69, 9.17) is 11.5 Å². The van der Waals surface area contributed by atoms with Crippen molar-refractivity contribution in [2.45, 2.75) is 6.43 Å². The SMILES string of the molecule is Nc1cc(C(F)F)cc([N+](=O)[O-])c1N. The summed E-state index contributed by atoms with van der Waals surface area (Å²) >= 11 is 0. The van der Waals surface area contributed by atoms with Gasteiger partial charge in [0.25, 0.3) is 12.1 Å². The van der Waals surface area contributed by atoms with Gasteiger partial charge >= 0.3 is 0 Å². The van der Waals surface area contributed by atoms with Gasteiger partial charge in [0.2, 0.25) is 0 Å². The lowest BCUT2D eigenvalue weighted by Gasteiger charge is -2.04. The minimum Gasteiger partial charge on any atom is -0.397 e. The lowest BCUT2D eigenvalue weighted by molar-refractivity contribution is -0.383. The van der Waals surface area contributed by atoms with Crippen molar-refractivity contribution in [1.82, 2.24) is 0 Å². The van der Waals surface area contributed by atoms with E-state index >= 15 is 0 Å². The van der Waals surface area contributed by atoms with Gasteiger partial charge in [-0.15, -0.1) is 0 Å². The van der Waals surface area contributed by atoms with Crippen LogP contribution >= 0.6 is 0 Å². The Labute approximate surface area is 77.5 Å². The molecule has 7 heteroatoms. The molecule has 14 heavy (non-hydrogen) atoms. The van der Waals surface area contributed by atoms with Gasteiger partial charge in [0, 0.05) is 11.6 Å². The largest absolute Gasteiger partial charge is 0.397 e. The van der Waals surface area contributed by atoms with Crippen LogP contribution in [-0.4, -0.2) is 4.92 Å². The van der Waals surface area contributed by atoms with E-state index < -0.39 is 22.6 Å². The molecule has 0 aliphatic heterocycles. The van der Waals surface area contributed by atoms with Crippen molar-refractivity contribution in [2.75, 3.05) is 11.5 Å². The fourth-order valence-electron chi connectivity index (χ4n) is 0.960. The zero-order valence-corrected chi connectivity index (χ0v) is 6.91. The van der Waals surface area contributed by atoms with E-state index in [1.54, 1.807) is 0 Å². The predicted octanol–water partition coefficient (Wildman–Crippen LogP) is 1.70. The maximum Gasteiger partial charge on any atom is 0.294 e. The molecule has 5 nitrogen and oxygen atoms in total. The summed E-state index contributed by atoms with van der Waals surface area (Å²) in [6, 6.07) is 1.64. The van der Waals surface area contributed by atoms with E-state index in [0.29, 0.717) is 0 Å². The van der Waals surface area contributed by atoms with Crippen LogP contribution in [0, 0.1) is 10.1 Å². The molecule has 0 heterocycles. The first-order valence-electron chi connectivity index (χ1n) is 3.55. The van der Waals surface area contributed by atoms with E-state index in [1.807, 2.05) is 0 Å². The van der Waals surface area contributed by atoms with Crippen molar-refractivity contribution in [3.63, 3.8) is 0 Å². The van der Waals surface area contributed by atoms with E-state index in [9.17, 15) is 18.9 Å². The quantitative estimate of drug-likeness (QED) is 0.434. The Kier molecular flexibility index (Phi) is 2.50. The highest BCUT2D eigenvalue weighted by molar-refractivity contribution is 5.75. The highest BCUT2D eigenvalue weighted by Gasteiger charge is 2.19. The Morgan fingerprint density at radius 2 is 1.93 bits per heavy atom. The molecule has 0 unspecified atom stereocenters. The van der Waals surface area contributed by atoms with E-state index in [1.165, 1.54) is 0 Å². The fraction of sp³-hybridized carbons (Fsp3) is 0.143. The van der Waals surface area contributed by atoms with Crippen LogP contribution in [0.2, 0.25) is 0 Å². The van der Waals surface area contributed by atoms with Crippen molar-refractivity contribution in [3.05, 3.63) is 27.8 Å². The first-order valence-corrected chi connectivity index (χ1v) is 3.55. The molecule has 0 spiro atoms. The minimum atomic E-state index is -2.81. The van der Waals surface area contributed by atoms with Crippen LogP contribution in [-0.2, 0) is 0 Å². The number of nitro benzene ring substituents is 1. The highest BCUT2D eigenvalue weighted by Crippen LogP contribution is 2.32. The lowest BCUT2D eigenvalue weighted by atomic mass is 10.1. The molecule has 0 saturated carbocycles. The molecular formula is C7H7F2N3O2. The second kappa shape index (κ2) is 3.44. The van der Waals surface area contributed by atoms with Crippen LogP contribution < -0.4 is 11.5 Å². The molecule has 0 atom stereocenters. The Morgan fingerprint density at radius 1 is 1.36 bits per heavy atom. The average molecular weight is 203 g/mol. The summed E-state index contributed by atoms with van der Waals surface area (Å²) < 4.78 is 24.4. The molecule has 1 aromatic carbocycles. The molecule has 0 aromatic heterocycles. The van der Waals surface area contributed by atoms with Crippen LogP contribution in [0.5, 0.6) is 0 Å². The van der Waals surface area contributed by atoms with Crippen LogP contribution in [0.4, 0.5) is 25.8 Å². The van der Waals surface area contributed by atoms with Crippen molar-refractivity contribution < 1.29 is 13.7 Å². The van der Waals surface area contributed by atoms with Crippen LogP contribution in [0.15, 0.2) is 12.1 Å². The van der Waals surface area contributed by atoms with E-state index in [0.717, 1.165) is 12.1 Å². The number of nitrogen functional groups attached to an aromatic ring is 2. The molecular weight excluding hydrogens is 196 g/mol. The number of benzene rings is 1. The second-order valence-electron chi connectivity index (χ2n) is 2.60. The molecule has 4 N–H and O–H groups in total. The van der Waals surface area contributed by atoms with Gasteiger partial charge in [-0.2, -0.15) is 0 Å². The minimum absolute atomic E-state index is 0.213. The number of halogens is 2. The third kappa shape index (κ3) is 1.70. The maximum absolute atomic E-state index is 12.2. The van der Waals surface area contributed by atoms with Gasteiger partial charge < -0.3 is 11.5 Å². The molecule has 0 fully saturated rings. The zero-order chi connectivity index (χ0) is 10.9. The monoisotopic (exact) mass is 203 g/mol. The van der Waals surface area contributed by atoms with Gasteiger partial charge in [-0.3, -0.25) is 10.1 Å². The molecule has 76 valence electrons. The normalized spacial score (nSPS) is 10.5. The topological polar surface area (TPSA) is 95.2 Å². The Bertz CT molecular complexity index is 381. The average Bonchev–Trinajstić information content (AvgIpc) is 2.08. The van der Waals surface area contributed by atoms with Crippen molar-refractivity contribution >= 4 is 17.1 Å². The number of nitrogens with two attached hydrogens (primary N) is 2. The smallest absolute Gasteiger partial charge is 0.294 e. The van der Waals surface area contributed by atoms with Crippen LogP contribution in [0.3, 0.4) is 0 Å². The van der Waals surface area contributed by atoms with Crippen molar-refractivity contribution in [2.24, 2.45) is 0 Å². The number of nitro groups is 1. The van der Waals surface area contributed by atoms with Gasteiger partial charge in [-0.1, -0.05) is 0 Å². The van der Waals surface area contributed by atoms with Crippen LogP contribution in [0.1, 0.15) is 12.0 Å². The second-order valence-corrected chi connectivity index (χ2v) is 2.60. The first-order chi connectivity index (χ1) is 6.43. The summed E-state index contributed by atoms with van der Waals surface area (Å²) in [6.07, 6.45) is -2.81. The van der Waals surface area contributed by atoms with Crippen molar-refractivity contribution in [1.29, 1.82) is 0 Å². The first kappa shape index (κ1) is 10.2. The third-order valence-corrected chi connectivity index (χ3v) is 1.66. The summed E-state index contributed by atoms with van der Waals surface area (Å²) in [5.74, 6) is 0. The molecule has 1 aromatic rings. The number of rotatable bonds is 2. The van der Waals surface area contributed by atoms with Crippen molar-refractivity contribution in [3.8, 4) is 0 Å². The summed E-state index contributed by atoms with van der Waals surface area (Å²) in [5.41, 5.74) is 8.86. The summed E-state index contributed by atoms with van der Waals surface area (Å²) in [7, 11) is 0. The summed E-state index contributed by atoms with van der Waals surface area (Å²) in [4.78, 5) is 9.52. The fourth-order valence-corrected chi connectivity index (χ4v) is 0.960. The van der Waals surface area contributed by atoms with E-state index in [-0.39, 0.29) is 11.4 Å². The summed E-state index contributed by atoms with van der Waals surface area (Å²) in [5, 5.41) is 10.4. The van der Waals surface area contributed by atoms with Gasteiger partial charge in [-0.25, -0.2) is 8.78 Å². The molecule has 0 radical (unpaired) electrons. The number of hydrogen-bond donors (Lipinski definition) is 2. The van der Waals surface area contributed by atoms with Gasteiger partial charge in [-0.05, 0) is 6.07 Å². The summed E-state index contributed by atoms with van der Waals surface area (Å²) in [6.45, 7) is 0. The molecule has 1 rings (SSSR count). The molecule has 0 amide bonds. The predicted molar refractivity (Wildman–Crippen MR) is 46.9 cm³/mol. The third-order valence-electron chi connectivity index (χ3n) is 1.66. The highest BCUT2D eigenvalue weighted by atomic mass is 19.3. The van der Waals surface area contributed by atoms with E-state index in [2.05, 4.69) is 0 Å². The van der Waals surface area contributed by atoms with Gasteiger partial charge in [0.05, 0.1) is 10.6 Å². The molecule has 0 aliphatic rings. The number of anilines is 2. The maximum atomic E-state index is 12.2. The molecule has 0 saturated heterocycles. The standard InChI is InChI=1S/C7H7F2N3O2/c8-7(9)3-1-4(10)6(11)5(2-3)12(13)14/h1-2,7H,10-11H2. The van der Waals surface area contributed by atoms with Gasteiger partial charge in [0.15, 0.2) is 0 Å². The number of nitrogens with zero attached hydrogens (tertiary/aromatic N) is 1. The van der Waals surface area contributed by atoms with Crippen LogP contribution in [0.25, 0.3) is 0 Å². The molecule has 0 aliphatic carbocycles. The molecule has 0 bridgehead atoms. The Morgan fingerprint density at radius 3 is 2.36 bits per heavy atom. The Balaban J connectivity index is 3.35. The van der Waals surface area contributed by atoms with Gasteiger partial charge in [0.1, 0.15) is 5.69 Å². The lowest BCUT2D eigenvalue weighted by Crippen LogP contribution is -2.02. The zero-order valence-electron chi connectivity index (χ0n) is 6.91. The number of alkyl halides is 2.